The third-order valence-corrected chi connectivity index (χ3v) is 4.64. The molecule has 0 aliphatic rings. The number of carbonyl (C=O) groups is 1. The van der Waals surface area contributed by atoms with E-state index in [-0.39, 0.29) is 5.91 Å². The molecule has 0 aromatic heterocycles. The molecule has 0 heterocycles. The summed E-state index contributed by atoms with van der Waals surface area (Å²) in [5, 5.41) is 4.36. The molecule has 0 fully saturated rings. The monoisotopic (exact) mass is 353 g/mol. The van der Waals surface area contributed by atoms with Gasteiger partial charge in [-0.05, 0) is 54.1 Å². The zero-order chi connectivity index (χ0) is 15.8. The average Bonchev–Trinajstić information content (AvgIpc) is 2.53. The zero-order valence-corrected chi connectivity index (χ0v) is 14.3. The molecule has 0 aliphatic heterocycles. The number of rotatable bonds is 7. The van der Waals surface area contributed by atoms with Crippen molar-refractivity contribution in [2.75, 3.05) is 5.75 Å². The lowest BCUT2D eigenvalue weighted by atomic mass is 10.2. The lowest BCUT2D eigenvalue weighted by Gasteiger charge is -2.06. The molecule has 116 valence electrons. The third-order valence-electron chi connectivity index (χ3n) is 3.03. The van der Waals surface area contributed by atoms with E-state index in [0.29, 0.717) is 18.0 Å². The first kappa shape index (κ1) is 17.2. The van der Waals surface area contributed by atoms with Crippen molar-refractivity contribution in [1.29, 1.82) is 0 Å². The van der Waals surface area contributed by atoms with E-state index in [2.05, 4.69) is 5.32 Å². The fourth-order valence-corrected chi connectivity index (χ4v) is 2.95. The summed E-state index contributed by atoms with van der Waals surface area (Å²) in [6.07, 6.45) is 1.38. The van der Waals surface area contributed by atoms with Crippen molar-refractivity contribution in [3.8, 4) is 0 Å². The van der Waals surface area contributed by atoms with Gasteiger partial charge in [-0.2, -0.15) is 0 Å². The maximum atomic E-state index is 11.8. The molecule has 0 radical (unpaired) electrons. The van der Waals surface area contributed by atoms with Gasteiger partial charge >= 0.3 is 0 Å². The molecule has 0 atom stereocenters. The molecule has 22 heavy (non-hydrogen) atoms. The lowest BCUT2D eigenvalue weighted by molar-refractivity contribution is -0.121. The SMILES string of the molecule is O=C(CCCSc1ccc(Cl)cc1)NCc1ccc(Cl)cc1. The van der Waals surface area contributed by atoms with E-state index in [1.165, 1.54) is 4.90 Å². The fraction of sp³-hybridized carbons (Fsp3) is 0.235. The summed E-state index contributed by atoms with van der Waals surface area (Å²) in [5.41, 5.74) is 1.05. The molecular weight excluding hydrogens is 337 g/mol. The van der Waals surface area contributed by atoms with Crippen LogP contribution in [0.5, 0.6) is 0 Å². The van der Waals surface area contributed by atoms with Gasteiger partial charge in [0.1, 0.15) is 0 Å². The third kappa shape index (κ3) is 6.30. The van der Waals surface area contributed by atoms with Gasteiger partial charge in [-0.15, -0.1) is 11.8 Å². The molecule has 0 spiro atoms. The number of hydrogen-bond acceptors (Lipinski definition) is 2. The minimum Gasteiger partial charge on any atom is -0.352 e. The molecule has 2 aromatic rings. The van der Waals surface area contributed by atoms with Crippen molar-refractivity contribution in [3.05, 3.63) is 64.1 Å². The minimum absolute atomic E-state index is 0.0756. The van der Waals surface area contributed by atoms with Crippen LogP contribution in [0, 0.1) is 0 Å². The highest BCUT2D eigenvalue weighted by Gasteiger charge is 2.02. The van der Waals surface area contributed by atoms with Gasteiger partial charge in [0, 0.05) is 27.9 Å². The van der Waals surface area contributed by atoms with E-state index in [9.17, 15) is 4.79 Å². The summed E-state index contributed by atoms with van der Waals surface area (Å²) in [6, 6.07) is 15.2. The predicted octanol–water partition coefficient (Wildman–Crippen LogP) is 5.18. The molecule has 5 heteroatoms. The van der Waals surface area contributed by atoms with Crippen LogP contribution in [0.3, 0.4) is 0 Å². The number of nitrogens with one attached hydrogen (secondary N) is 1. The Morgan fingerprint density at radius 2 is 1.55 bits per heavy atom. The Labute approximate surface area is 145 Å². The van der Waals surface area contributed by atoms with Crippen LogP contribution in [0.25, 0.3) is 0 Å². The molecule has 2 aromatic carbocycles. The molecule has 0 unspecified atom stereocenters. The summed E-state index contributed by atoms with van der Waals surface area (Å²) in [5.74, 6) is 0.988. The van der Waals surface area contributed by atoms with E-state index in [1.54, 1.807) is 11.8 Å². The summed E-state index contributed by atoms with van der Waals surface area (Å²) in [6.45, 7) is 0.542. The predicted molar refractivity (Wildman–Crippen MR) is 94.7 cm³/mol. The van der Waals surface area contributed by atoms with Crippen molar-refractivity contribution >= 4 is 40.9 Å². The van der Waals surface area contributed by atoms with Crippen molar-refractivity contribution in [3.63, 3.8) is 0 Å². The second-order valence-electron chi connectivity index (χ2n) is 4.81. The molecule has 0 saturated carbocycles. The van der Waals surface area contributed by atoms with Gasteiger partial charge in [0.2, 0.25) is 5.91 Å². The lowest BCUT2D eigenvalue weighted by Crippen LogP contribution is -2.22. The molecule has 2 rings (SSSR count). The van der Waals surface area contributed by atoms with E-state index in [1.807, 2.05) is 48.5 Å². The van der Waals surface area contributed by atoms with Crippen molar-refractivity contribution in [1.82, 2.24) is 5.32 Å². The van der Waals surface area contributed by atoms with Crippen LogP contribution in [-0.2, 0) is 11.3 Å². The minimum atomic E-state index is 0.0756. The van der Waals surface area contributed by atoms with Crippen LogP contribution >= 0.6 is 35.0 Å². The Bertz CT molecular complexity index is 599. The molecule has 1 amide bonds. The summed E-state index contributed by atoms with van der Waals surface area (Å²) < 4.78 is 0. The Morgan fingerprint density at radius 1 is 0.955 bits per heavy atom. The molecule has 1 N–H and O–H groups in total. The number of halogens is 2. The maximum Gasteiger partial charge on any atom is 0.220 e. The highest BCUT2D eigenvalue weighted by molar-refractivity contribution is 7.99. The number of thioether (sulfide) groups is 1. The molecule has 0 bridgehead atoms. The van der Waals surface area contributed by atoms with Gasteiger partial charge in [-0.3, -0.25) is 4.79 Å². The van der Waals surface area contributed by atoms with E-state index < -0.39 is 0 Å². The fourth-order valence-electron chi connectivity index (χ4n) is 1.84. The van der Waals surface area contributed by atoms with Crippen LogP contribution in [-0.4, -0.2) is 11.7 Å². The first-order chi connectivity index (χ1) is 10.6. The van der Waals surface area contributed by atoms with Crippen LogP contribution in [0.15, 0.2) is 53.4 Å². The summed E-state index contributed by atoms with van der Waals surface area (Å²) in [7, 11) is 0. The van der Waals surface area contributed by atoms with Crippen LogP contribution in [0.1, 0.15) is 18.4 Å². The maximum absolute atomic E-state index is 11.8. The quantitative estimate of drug-likeness (QED) is 0.548. The average molecular weight is 354 g/mol. The van der Waals surface area contributed by atoms with Crippen LogP contribution < -0.4 is 5.32 Å². The number of benzene rings is 2. The summed E-state index contributed by atoms with van der Waals surface area (Å²) in [4.78, 5) is 12.9. The van der Waals surface area contributed by atoms with Gasteiger partial charge in [-0.25, -0.2) is 0 Å². The first-order valence-electron chi connectivity index (χ1n) is 7.03. The molecule has 0 aliphatic carbocycles. The number of carbonyl (C=O) groups excluding carboxylic acids is 1. The molecule has 2 nitrogen and oxygen atoms in total. The van der Waals surface area contributed by atoms with E-state index >= 15 is 0 Å². The topological polar surface area (TPSA) is 29.1 Å². The Hall–Kier alpha value is -1.16. The second kappa shape index (κ2) is 9.09. The number of hydrogen-bond donors (Lipinski definition) is 1. The largest absolute Gasteiger partial charge is 0.352 e. The van der Waals surface area contributed by atoms with Crippen molar-refractivity contribution in [2.24, 2.45) is 0 Å². The van der Waals surface area contributed by atoms with Crippen molar-refractivity contribution < 1.29 is 4.79 Å². The standard InChI is InChI=1S/C17H17Cl2NOS/c18-14-5-3-13(4-6-14)12-20-17(21)2-1-11-22-16-9-7-15(19)8-10-16/h3-10H,1-2,11-12H2,(H,20,21). The van der Waals surface area contributed by atoms with Gasteiger partial charge in [0.25, 0.3) is 0 Å². The first-order valence-corrected chi connectivity index (χ1v) is 8.77. The number of amides is 1. The van der Waals surface area contributed by atoms with Gasteiger partial charge in [-0.1, -0.05) is 35.3 Å². The second-order valence-corrected chi connectivity index (χ2v) is 6.85. The highest BCUT2D eigenvalue weighted by atomic mass is 35.5. The highest BCUT2D eigenvalue weighted by Crippen LogP contribution is 2.21. The van der Waals surface area contributed by atoms with Crippen molar-refractivity contribution in [2.45, 2.75) is 24.3 Å². The van der Waals surface area contributed by atoms with E-state index in [4.69, 9.17) is 23.2 Å². The van der Waals surface area contributed by atoms with Gasteiger partial charge in [0.05, 0.1) is 0 Å². The zero-order valence-electron chi connectivity index (χ0n) is 12.0. The smallest absolute Gasteiger partial charge is 0.220 e. The molecular formula is C17H17Cl2NOS. The Balaban J connectivity index is 1.61. The Morgan fingerprint density at radius 3 is 2.18 bits per heavy atom. The van der Waals surface area contributed by atoms with Gasteiger partial charge < -0.3 is 5.32 Å². The van der Waals surface area contributed by atoms with E-state index in [0.717, 1.165) is 22.8 Å². The Kier molecular flexibility index (Phi) is 7.10. The van der Waals surface area contributed by atoms with Crippen LogP contribution in [0.4, 0.5) is 0 Å². The van der Waals surface area contributed by atoms with Crippen LogP contribution in [0.2, 0.25) is 10.0 Å². The van der Waals surface area contributed by atoms with Gasteiger partial charge in [0.15, 0.2) is 0 Å². The molecule has 0 saturated heterocycles. The normalized spacial score (nSPS) is 10.5. The summed E-state index contributed by atoms with van der Waals surface area (Å²) >= 11 is 13.4.